The lowest BCUT2D eigenvalue weighted by atomic mass is 9.88. The number of likely N-dealkylation sites (tertiary alicyclic amines) is 1. The Bertz CT molecular complexity index is 601. The molecule has 1 N–H and O–H groups in total. The number of piperidine rings is 1. The van der Waals surface area contributed by atoms with Crippen LogP contribution in [0.15, 0.2) is 48.5 Å². The quantitative estimate of drug-likeness (QED) is 0.846. The molecule has 0 unspecified atom stereocenters. The molecule has 4 heteroatoms. The van der Waals surface area contributed by atoms with Crippen LogP contribution >= 0.6 is 0 Å². The van der Waals surface area contributed by atoms with Gasteiger partial charge in [-0.25, -0.2) is 8.78 Å². The first kappa shape index (κ1) is 18.0. The molecule has 0 amide bonds. The summed E-state index contributed by atoms with van der Waals surface area (Å²) in [5, 5.41) is 3.35. The molecule has 2 aromatic rings. The van der Waals surface area contributed by atoms with Gasteiger partial charge in [-0.3, -0.25) is 0 Å². The molecular weight excluding hydrogens is 318 g/mol. The fraction of sp³-hybridized carbons (Fsp3) is 0.429. The Morgan fingerprint density at radius 1 is 0.920 bits per heavy atom. The van der Waals surface area contributed by atoms with E-state index in [-0.39, 0.29) is 17.6 Å². The normalized spacial score (nSPS) is 16.5. The highest BCUT2D eigenvalue weighted by molar-refractivity contribution is 5.32. The van der Waals surface area contributed by atoms with E-state index in [2.05, 4.69) is 10.2 Å². The zero-order valence-corrected chi connectivity index (χ0v) is 14.7. The molecule has 0 atom stereocenters. The molecular formula is C21H26F2N2. The molecule has 1 aliphatic rings. The van der Waals surface area contributed by atoms with Crippen LogP contribution in [0.25, 0.3) is 0 Å². The monoisotopic (exact) mass is 344 g/mol. The van der Waals surface area contributed by atoms with Gasteiger partial charge in [-0.2, -0.15) is 0 Å². The fourth-order valence-electron chi connectivity index (χ4n) is 3.67. The maximum absolute atomic E-state index is 13.3. The van der Waals surface area contributed by atoms with Crippen LogP contribution in [0.5, 0.6) is 0 Å². The standard InChI is InChI=1S/C21H26F2N2/c1-24-20-10-13-25(14-11-20)15-12-21(16-2-6-18(22)7-3-16)17-4-8-19(23)9-5-17/h2-9,20-21,24H,10-15H2,1H3. The first-order chi connectivity index (χ1) is 12.2. The molecule has 0 aromatic heterocycles. The number of nitrogens with zero attached hydrogens (tertiary/aromatic N) is 1. The summed E-state index contributed by atoms with van der Waals surface area (Å²) in [4.78, 5) is 2.49. The second kappa shape index (κ2) is 8.54. The molecule has 0 spiro atoms. The Kier molecular flexibility index (Phi) is 6.16. The van der Waals surface area contributed by atoms with E-state index in [1.54, 1.807) is 0 Å². The molecule has 1 fully saturated rings. The van der Waals surface area contributed by atoms with E-state index in [4.69, 9.17) is 0 Å². The van der Waals surface area contributed by atoms with Crippen LogP contribution in [0.2, 0.25) is 0 Å². The highest BCUT2D eigenvalue weighted by Crippen LogP contribution is 2.29. The van der Waals surface area contributed by atoms with Crippen molar-refractivity contribution >= 4 is 0 Å². The highest BCUT2D eigenvalue weighted by atomic mass is 19.1. The molecule has 0 bridgehead atoms. The fourth-order valence-corrected chi connectivity index (χ4v) is 3.67. The van der Waals surface area contributed by atoms with Gasteiger partial charge in [0.05, 0.1) is 0 Å². The van der Waals surface area contributed by atoms with E-state index < -0.39 is 0 Å². The van der Waals surface area contributed by atoms with Gasteiger partial charge in [0.15, 0.2) is 0 Å². The molecule has 2 nitrogen and oxygen atoms in total. The van der Waals surface area contributed by atoms with Crippen molar-refractivity contribution < 1.29 is 8.78 Å². The van der Waals surface area contributed by atoms with Crippen molar-refractivity contribution in [2.75, 3.05) is 26.7 Å². The zero-order valence-electron chi connectivity index (χ0n) is 14.7. The summed E-state index contributed by atoms with van der Waals surface area (Å²) in [5.41, 5.74) is 2.16. The van der Waals surface area contributed by atoms with Gasteiger partial charge in [0.2, 0.25) is 0 Å². The van der Waals surface area contributed by atoms with E-state index >= 15 is 0 Å². The van der Waals surface area contributed by atoms with Gasteiger partial charge < -0.3 is 10.2 Å². The number of benzene rings is 2. The molecule has 25 heavy (non-hydrogen) atoms. The van der Waals surface area contributed by atoms with E-state index in [1.807, 2.05) is 31.3 Å². The summed E-state index contributed by atoms with van der Waals surface area (Å²) in [6.45, 7) is 3.20. The van der Waals surface area contributed by atoms with Crippen LogP contribution in [0.4, 0.5) is 8.78 Å². The number of nitrogens with one attached hydrogen (secondary N) is 1. The van der Waals surface area contributed by atoms with Crippen molar-refractivity contribution in [1.29, 1.82) is 0 Å². The van der Waals surface area contributed by atoms with Crippen LogP contribution in [0.1, 0.15) is 36.3 Å². The topological polar surface area (TPSA) is 15.3 Å². The summed E-state index contributed by atoms with van der Waals surface area (Å²) in [6.07, 6.45) is 3.30. The van der Waals surface area contributed by atoms with Crippen LogP contribution in [0, 0.1) is 11.6 Å². The molecule has 2 aromatic carbocycles. The van der Waals surface area contributed by atoms with Gasteiger partial charge in [-0.1, -0.05) is 24.3 Å². The van der Waals surface area contributed by atoms with Gasteiger partial charge in [0.25, 0.3) is 0 Å². The molecule has 0 aliphatic carbocycles. The van der Waals surface area contributed by atoms with Crippen molar-refractivity contribution in [3.63, 3.8) is 0 Å². The van der Waals surface area contributed by atoms with Crippen molar-refractivity contribution in [1.82, 2.24) is 10.2 Å². The summed E-state index contributed by atoms with van der Waals surface area (Å²) in [5.74, 6) is -0.297. The van der Waals surface area contributed by atoms with E-state index in [1.165, 1.54) is 37.1 Å². The Labute approximate surface area is 148 Å². The van der Waals surface area contributed by atoms with Crippen molar-refractivity contribution in [3.05, 3.63) is 71.3 Å². The van der Waals surface area contributed by atoms with Crippen molar-refractivity contribution in [3.8, 4) is 0 Å². The molecule has 1 heterocycles. The average Bonchev–Trinajstić information content (AvgIpc) is 2.65. The lowest BCUT2D eigenvalue weighted by Crippen LogP contribution is -2.41. The van der Waals surface area contributed by atoms with Gasteiger partial charge in [0, 0.05) is 12.0 Å². The third-order valence-corrected chi connectivity index (χ3v) is 5.27. The largest absolute Gasteiger partial charge is 0.317 e. The van der Waals surface area contributed by atoms with E-state index in [9.17, 15) is 8.78 Å². The third kappa shape index (κ3) is 4.86. The van der Waals surface area contributed by atoms with Crippen LogP contribution in [-0.2, 0) is 0 Å². The predicted molar refractivity (Wildman–Crippen MR) is 97.8 cm³/mol. The Balaban J connectivity index is 1.70. The number of rotatable bonds is 6. The summed E-state index contributed by atoms with van der Waals surface area (Å²) in [6, 6.07) is 14.0. The average molecular weight is 344 g/mol. The number of halogens is 2. The van der Waals surface area contributed by atoms with Crippen molar-refractivity contribution in [2.24, 2.45) is 0 Å². The Hall–Kier alpha value is -1.78. The highest BCUT2D eigenvalue weighted by Gasteiger charge is 2.20. The lowest BCUT2D eigenvalue weighted by molar-refractivity contribution is 0.197. The Morgan fingerprint density at radius 2 is 1.40 bits per heavy atom. The molecule has 1 saturated heterocycles. The van der Waals surface area contributed by atoms with E-state index in [0.717, 1.165) is 37.2 Å². The van der Waals surface area contributed by atoms with Gasteiger partial charge in [0.1, 0.15) is 11.6 Å². The summed E-state index contributed by atoms with van der Waals surface area (Å²) < 4.78 is 26.6. The maximum atomic E-state index is 13.3. The maximum Gasteiger partial charge on any atom is 0.123 e. The smallest absolute Gasteiger partial charge is 0.123 e. The van der Waals surface area contributed by atoms with Crippen LogP contribution in [-0.4, -0.2) is 37.6 Å². The molecule has 0 radical (unpaired) electrons. The molecule has 1 aliphatic heterocycles. The van der Waals surface area contributed by atoms with Gasteiger partial charge in [-0.05, 0) is 81.3 Å². The number of hydrogen-bond donors (Lipinski definition) is 1. The van der Waals surface area contributed by atoms with E-state index in [0.29, 0.717) is 6.04 Å². The second-order valence-corrected chi connectivity index (χ2v) is 6.85. The zero-order chi connectivity index (χ0) is 17.6. The van der Waals surface area contributed by atoms with Gasteiger partial charge in [-0.15, -0.1) is 0 Å². The first-order valence-corrected chi connectivity index (χ1v) is 9.06. The second-order valence-electron chi connectivity index (χ2n) is 6.85. The van der Waals surface area contributed by atoms with Crippen LogP contribution in [0.3, 0.4) is 0 Å². The first-order valence-electron chi connectivity index (χ1n) is 9.06. The molecule has 134 valence electrons. The third-order valence-electron chi connectivity index (χ3n) is 5.27. The molecule has 0 saturated carbocycles. The minimum atomic E-state index is -0.226. The predicted octanol–water partition coefficient (Wildman–Crippen LogP) is 4.17. The SMILES string of the molecule is CNC1CCN(CCC(c2ccc(F)cc2)c2ccc(F)cc2)CC1. The summed E-state index contributed by atoms with van der Waals surface area (Å²) in [7, 11) is 2.03. The molecule has 3 rings (SSSR count). The Morgan fingerprint density at radius 3 is 1.84 bits per heavy atom. The number of hydrogen-bond acceptors (Lipinski definition) is 2. The minimum absolute atomic E-state index is 0.156. The lowest BCUT2D eigenvalue weighted by Gasteiger charge is -2.32. The van der Waals surface area contributed by atoms with Crippen molar-refractivity contribution in [2.45, 2.75) is 31.2 Å². The summed E-state index contributed by atoms with van der Waals surface area (Å²) >= 11 is 0. The van der Waals surface area contributed by atoms with Crippen LogP contribution < -0.4 is 5.32 Å². The van der Waals surface area contributed by atoms with Gasteiger partial charge >= 0.3 is 0 Å². The minimum Gasteiger partial charge on any atom is -0.317 e.